The van der Waals surface area contributed by atoms with Crippen LogP contribution in [0.1, 0.15) is 33.4 Å². The number of para-hydroxylation sites is 1. The van der Waals surface area contributed by atoms with Crippen LogP contribution in [0.2, 0.25) is 0 Å². The van der Waals surface area contributed by atoms with Gasteiger partial charge in [0.2, 0.25) is 0 Å². The quantitative estimate of drug-likeness (QED) is 0.110. The van der Waals surface area contributed by atoms with Crippen molar-refractivity contribution in [1.82, 2.24) is 0 Å². The Morgan fingerprint density at radius 3 is 1.46 bits per heavy atom. The van der Waals surface area contributed by atoms with Gasteiger partial charge in [0.15, 0.2) is 0 Å². The minimum absolute atomic E-state index is 0.941. The van der Waals surface area contributed by atoms with Gasteiger partial charge in [0, 0.05) is 33.8 Å². The highest BCUT2D eigenvalue weighted by atomic mass is 15.2. The van der Waals surface area contributed by atoms with Crippen LogP contribution in [0.3, 0.4) is 0 Å². The third-order valence-corrected chi connectivity index (χ3v) is 10.5. The largest absolute Gasteiger partial charge is 0.310 e. The summed E-state index contributed by atoms with van der Waals surface area (Å²) in [6, 6.07) is 70.3. The molecule has 0 N–H and O–H groups in total. The summed E-state index contributed by atoms with van der Waals surface area (Å²) < 4.78 is 0. The maximum absolute atomic E-state index is 3.97. The van der Waals surface area contributed by atoms with Gasteiger partial charge in [0.1, 0.15) is 0 Å². The highest BCUT2D eigenvalue weighted by molar-refractivity contribution is 5.99. The molecule has 0 amide bonds. The van der Waals surface area contributed by atoms with Gasteiger partial charge in [-0.25, -0.2) is 0 Å². The average Bonchev–Trinajstić information content (AvgIpc) is 3.26. The van der Waals surface area contributed by atoms with Crippen molar-refractivity contribution in [2.75, 3.05) is 9.80 Å². The number of nitrogens with zero attached hydrogens (tertiary/aromatic N) is 2. The van der Waals surface area contributed by atoms with Crippen LogP contribution >= 0.6 is 0 Å². The summed E-state index contributed by atoms with van der Waals surface area (Å²) in [7, 11) is 0. The fourth-order valence-corrected chi connectivity index (χ4v) is 7.62. The van der Waals surface area contributed by atoms with E-state index in [9.17, 15) is 0 Å². The zero-order chi connectivity index (χ0) is 38.1. The molecule has 0 spiro atoms. The van der Waals surface area contributed by atoms with Crippen LogP contribution in [0, 0.1) is 0 Å². The summed E-state index contributed by atoms with van der Waals surface area (Å²) >= 11 is 0. The summed E-state index contributed by atoms with van der Waals surface area (Å²) in [6.45, 7) is 7.90. The van der Waals surface area contributed by atoms with E-state index in [1.165, 1.54) is 33.0 Å². The highest BCUT2D eigenvalue weighted by Gasteiger charge is 2.19. The van der Waals surface area contributed by atoms with E-state index < -0.39 is 0 Å². The Kier molecular flexibility index (Phi) is 11.0. The van der Waals surface area contributed by atoms with E-state index in [-0.39, 0.29) is 0 Å². The molecular weight excluding hydrogens is 677 g/mol. The van der Waals surface area contributed by atoms with Crippen LogP contribution in [0.25, 0.3) is 22.9 Å². The Balaban J connectivity index is 1.16. The van der Waals surface area contributed by atoms with Gasteiger partial charge in [-0.3, -0.25) is 0 Å². The predicted octanol–water partition coefficient (Wildman–Crippen LogP) is 14.6. The summed E-state index contributed by atoms with van der Waals surface area (Å²) in [5.74, 6) is 0. The lowest BCUT2D eigenvalue weighted by Crippen LogP contribution is -2.13. The molecule has 56 heavy (non-hydrogen) atoms. The van der Waals surface area contributed by atoms with Gasteiger partial charge in [-0.15, -0.1) is 0 Å². The second-order valence-electron chi connectivity index (χ2n) is 14.3. The molecular formula is C54H46N2. The monoisotopic (exact) mass is 722 g/mol. The van der Waals surface area contributed by atoms with Gasteiger partial charge in [-0.05, 0) is 125 Å². The molecule has 0 bridgehead atoms. The third-order valence-electron chi connectivity index (χ3n) is 10.5. The van der Waals surface area contributed by atoms with E-state index in [1.807, 2.05) is 12.2 Å². The molecule has 0 fully saturated rings. The molecule has 0 heterocycles. The number of anilines is 6. The molecule has 0 aliphatic heterocycles. The van der Waals surface area contributed by atoms with Crippen LogP contribution in [-0.2, 0) is 25.7 Å². The lowest BCUT2D eigenvalue weighted by molar-refractivity contribution is 0.959. The molecule has 2 nitrogen and oxygen atoms in total. The van der Waals surface area contributed by atoms with Crippen molar-refractivity contribution in [3.63, 3.8) is 0 Å². The molecule has 0 saturated heterocycles. The van der Waals surface area contributed by atoms with Crippen molar-refractivity contribution in [2.24, 2.45) is 0 Å². The zero-order valence-electron chi connectivity index (χ0n) is 31.8. The molecule has 2 heteroatoms. The van der Waals surface area contributed by atoms with Gasteiger partial charge in [0.25, 0.3) is 0 Å². The van der Waals surface area contributed by atoms with Crippen LogP contribution in [0.4, 0.5) is 34.1 Å². The van der Waals surface area contributed by atoms with Crippen molar-refractivity contribution < 1.29 is 0 Å². The van der Waals surface area contributed by atoms with Crippen LogP contribution in [0.5, 0.6) is 0 Å². The summed E-state index contributed by atoms with van der Waals surface area (Å²) in [4.78, 5) is 4.78. The first-order valence-electron chi connectivity index (χ1n) is 19.5. The normalized spacial score (nSPS) is 10.9. The number of fused-ring (bicyclic) bond motifs is 1. The summed E-state index contributed by atoms with van der Waals surface area (Å²) in [6.07, 6.45) is 7.69. The number of hydrogen-bond donors (Lipinski definition) is 0. The second kappa shape index (κ2) is 17.1. The maximum Gasteiger partial charge on any atom is 0.0540 e. The number of hydrogen-bond acceptors (Lipinski definition) is 2. The van der Waals surface area contributed by atoms with Crippen LogP contribution < -0.4 is 9.80 Å². The molecule has 0 saturated carbocycles. The minimum Gasteiger partial charge on any atom is -0.310 e. The van der Waals surface area contributed by atoms with E-state index in [1.54, 1.807) is 0 Å². The highest BCUT2D eigenvalue weighted by Crippen LogP contribution is 2.42. The van der Waals surface area contributed by atoms with Crippen LogP contribution in [-0.4, -0.2) is 0 Å². The number of benzene rings is 8. The van der Waals surface area contributed by atoms with Crippen LogP contribution in [0.15, 0.2) is 207 Å². The van der Waals surface area contributed by atoms with Gasteiger partial charge in [0.05, 0.1) is 5.69 Å². The van der Waals surface area contributed by atoms with E-state index in [0.29, 0.717) is 0 Å². The first-order chi connectivity index (χ1) is 27.6. The zero-order valence-corrected chi connectivity index (χ0v) is 31.8. The van der Waals surface area contributed by atoms with E-state index >= 15 is 0 Å². The number of aryl methyl sites for hydroxylation is 4. The first kappa shape index (κ1) is 36.1. The maximum atomic E-state index is 3.97. The smallest absolute Gasteiger partial charge is 0.0540 e. The van der Waals surface area contributed by atoms with Gasteiger partial charge in [-0.1, -0.05) is 159 Å². The van der Waals surface area contributed by atoms with E-state index in [0.717, 1.165) is 70.9 Å². The topological polar surface area (TPSA) is 6.48 Å². The van der Waals surface area contributed by atoms with Crippen molar-refractivity contribution in [2.45, 2.75) is 25.7 Å². The average molecular weight is 723 g/mol. The van der Waals surface area contributed by atoms with Gasteiger partial charge < -0.3 is 9.80 Å². The van der Waals surface area contributed by atoms with Crippen molar-refractivity contribution in [3.05, 3.63) is 241 Å². The van der Waals surface area contributed by atoms with Crippen molar-refractivity contribution in [1.29, 1.82) is 0 Å². The molecule has 8 aromatic rings. The molecule has 0 aliphatic carbocycles. The SMILES string of the molecule is C=Cc1cccc(CCc2ccc(N(c3ccccc3)c3cccc(N(c4cccc(CCc5cccc(C=C)c5)c4)c4cccc5ccccc45)c3)cc2)c1. The van der Waals surface area contributed by atoms with Crippen molar-refractivity contribution >= 4 is 57.0 Å². The molecule has 0 radical (unpaired) electrons. The standard InChI is InChI=1S/C54H46N2/c1-3-41-15-10-17-44(37-41)30-29-43-33-35-49(36-34-43)55(48-22-6-5-7-23-48)51-25-14-26-52(40-51)56(54-28-13-21-47-20-8-9-27-53(47)54)50-24-12-19-46(39-50)32-31-45-18-11-16-42(4-2)38-45/h3-28,33-40H,1-2,29-32H2. The molecule has 272 valence electrons. The van der Waals surface area contributed by atoms with E-state index in [4.69, 9.17) is 0 Å². The Morgan fingerprint density at radius 2 is 0.804 bits per heavy atom. The molecule has 0 unspecified atom stereocenters. The Labute approximate surface area is 332 Å². The van der Waals surface area contributed by atoms with Crippen molar-refractivity contribution in [3.8, 4) is 0 Å². The van der Waals surface area contributed by atoms with Gasteiger partial charge >= 0.3 is 0 Å². The lowest BCUT2D eigenvalue weighted by atomic mass is 10.0. The fraction of sp³-hybridized carbons (Fsp3) is 0.0741. The Bertz CT molecular complexity index is 2580. The molecule has 8 aromatic carbocycles. The molecule has 0 aliphatic rings. The molecule has 0 aromatic heterocycles. The predicted molar refractivity (Wildman–Crippen MR) is 241 cm³/mol. The Hall–Kier alpha value is -6.90. The molecule has 0 atom stereocenters. The third kappa shape index (κ3) is 8.26. The first-order valence-corrected chi connectivity index (χ1v) is 19.5. The number of rotatable bonds is 14. The Morgan fingerprint density at radius 1 is 0.339 bits per heavy atom. The fourth-order valence-electron chi connectivity index (χ4n) is 7.62. The summed E-state index contributed by atoms with van der Waals surface area (Å²) in [5, 5.41) is 2.42. The lowest BCUT2D eigenvalue weighted by Gasteiger charge is -2.30. The summed E-state index contributed by atoms with van der Waals surface area (Å²) in [5.41, 5.74) is 14.3. The minimum atomic E-state index is 0.941. The van der Waals surface area contributed by atoms with Gasteiger partial charge in [-0.2, -0.15) is 0 Å². The van der Waals surface area contributed by atoms with E-state index in [2.05, 4.69) is 217 Å². The molecule has 8 rings (SSSR count). The second-order valence-corrected chi connectivity index (χ2v) is 14.3.